The molecule has 0 aromatic rings. The third kappa shape index (κ3) is 7.90. The molecule has 16 nitrogen and oxygen atoms in total. The first-order valence-electron chi connectivity index (χ1n) is 15.7. The minimum Gasteiger partial charge on any atom is -0.456 e. The molecule has 17 heteroatoms. The number of hydrogen-bond acceptors (Lipinski definition) is 15. The fourth-order valence-electron chi connectivity index (χ4n) is 8.32. The standard InChI is InChI=1S/C30H44FN3O13/c1-28-14-25(37)30(31)22(7-6-18-13-19(35)10-11-29(18,30)2)21(28)8-9-23(28)24(36)17-45-26(38)15-32-27(39)44-12-4-3-5-20(47-34(42)43)16-46-33(40)41/h10-11,13,20-23,25,37,40-43H,3-9,12,14-17H2,1-2H3,(H,32,39)/t20?,21?,22-,23?,25-,28-,29-,30?/m0/s1. The Morgan fingerprint density at radius 1 is 1.06 bits per heavy atom. The van der Waals surface area contributed by atoms with Crippen LogP contribution in [0.2, 0.25) is 0 Å². The third-order valence-electron chi connectivity index (χ3n) is 10.6. The van der Waals surface area contributed by atoms with Crippen LogP contribution in [0, 0.1) is 28.6 Å². The van der Waals surface area contributed by atoms with E-state index < -0.39 is 83.1 Å². The van der Waals surface area contributed by atoms with Gasteiger partial charge in [-0.1, -0.05) is 18.6 Å². The first kappa shape index (κ1) is 37.0. The average Bonchev–Trinajstić information content (AvgIpc) is 3.34. The Morgan fingerprint density at radius 3 is 2.51 bits per heavy atom. The van der Waals surface area contributed by atoms with E-state index in [2.05, 4.69) is 15.0 Å². The molecule has 0 aromatic carbocycles. The number of fused-ring (bicyclic) bond motifs is 5. The quantitative estimate of drug-likeness (QED) is 0.0834. The number of rotatable bonds is 15. The SMILES string of the molecule is C[C@]12C[C@H](O)C3(F)[C@@H](CCC4=CC(=O)C=C[C@@]43C)C1CCC2C(=O)COC(=O)CNC(=O)OCCCCC(CON(O)O)ON(O)O. The third-order valence-corrected chi connectivity index (χ3v) is 10.6. The van der Waals surface area contributed by atoms with Crippen molar-refractivity contribution < 1.29 is 68.7 Å². The largest absolute Gasteiger partial charge is 0.456 e. The van der Waals surface area contributed by atoms with Crippen LogP contribution in [-0.2, 0) is 33.5 Å². The molecule has 4 aliphatic carbocycles. The molecule has 4 unspecified atom stereocenters. The van der Waals surface area contributed by atoms with Crippen LogP contribution in [-0.4, -0.2) is 105 Å². The maximum Gasteiger partial charge on any atom is 0.407 e. The fourth-order valence-corrected chi connectivity index (χ4v) is 8.32. The van der Waals surface area contributed by atoms with Gasteiger partial charge in [-0.15, -0.1) is 0 Å². The van der Waals surface area contributed by atoms with Gasteiger partial charge in [0.1, 0.15) is 25.9 Å². The van der Waals surface area contributed by atoms with E-state index in [4.69, 9.17) is 30.3 Å². The minimum atomic E-state index is -1.99. The zero-order chi connectivity index (χ0) is 34.6. The average molecular weight is 674 g/mol. The second kappa shape index (κ2) is 15.1. The number of ketones is 2. The molecular weight excluding hydrogens is 629 g/mol. The lowest BCUT2D eigenvalue weighted by Gasteiger charge is -2.62. The Balaban J connectivity index is 1.20. The minimum absolute atomic E-state index is 0.0553. The van der Waals surface area contributed by atoms with Gasteiger partial charge in [0.25, 0.3) is 0 Å². The van der Waals surface area contributed by atoms with Gasteiger partial charge in [-0.25, -0.2) is 18.9 Å². The van der Waals surface area contributed by atoms with E-state index in [1.165, 1.54) is 12.2 Å². The Kier molecular flexibility index (Phi) is 11.9. The molecule has 4 rings (SSSR count). The van der Waals surface area contributed by atoms with Crippen molar-refractivity contribution in [3.8, 4) is 0 Å². The molecular formula is C30H44FN3O13. The number of carbonyl (C=O) groups is 4. The highest BCUT2D eigenvalue weighted by atomic mass is 19.1. The van der Waals surface area contributed by atoms with E-state index in [0.717, 1.165) is 0 Å². The molecule has 0 bridgehead atoms. The lowest BCUT2D eigenvalue weighted by molar-refractivity contribution is -0.527. The maximum atomic E-state index is 17.1. The van der Waals surface area contributed by atoms with Gasteiger partial charge < -0.3 is 19.9 Å². The van der Waals surface area contributed by atoms with E-state index in [-0.39, 0.29) is 36.9 Å². The predicted molar refractivity (Wildman–Crippen MR) is 153 cm³/mol. The lowest BCUT2D eigenvalue weighted by atomic mass is 9.45. The summed E-state index contributed by atoms with van der Waals surface area (Å²) in [4.78, 5) is 58.5. The smallest absolute Gasteiger partial charge is 0.407 e. The van der Waals surface area contributed by atoms with E-state index in [0.29, 0.717) is 44.1 Å². The number of aliphatic hydroxyl groups excluding tert-OH is 1. The topological polar surface area (TPSA) is 225 Å². The van der Waals surface area contributed by atoms with Gasteiger partial charge in [-0.3, -0.25) is 35.2 Å². The number of allylic oxidation sites excluding steroid dienone is 4. The number of unbranched alkanes of at least 4 members (excludes halogenated alkanes) is 1. The molecule has 8 atom stereocenters. The van der Waals surface area contributed by atoms with Gasteiger partial charge in [0.05, 0.1) is 23.5 Å². The van der Waals surface area contributed by atoms with Crippen molar-refractivity contribution in [1.82, 2.24) is 16.1 Å². The van der Waals surface area contributed by atoms with E-state index in [1.54, 1.807) is 13.0 Å². The summed E-state index contributed by atoms with van der Waals surface area (Å²) in [6.45, 7) is 2.05. The zero-order valence-electron chi connectivity index (χ0n) is 26.4. The molecule has 0 heterocycles. The summed E-state index contributed by atoms with van der Waals surface area (Å²) in [5.41, 5.74) is -3.12. The molecule has 1 amide bonds. The first-order chi connectivity index (χ1) is 22.1. The second-order valence-corrected chi connectivity index (χ2v) is 13.1. The molecule has 0 aromatic heterocycles. The molecule has 4 aliphatic rings. The zero-order valence-corrected chi connectivity index (χ0v) is 26.4. The number of alkyl carbamates (subject to hydrolysis) is 1. The summed E-state index contributed by atoms with van der Waals surface area (Å²) in [7, 11) is 0. The van der Waals surface area contributed by atoms with E-state index >= 15 is 4.39 Å². The van der Waals surface area contributed by atoms with Crippen LogP contribution >= 0.6 is 0 Å². The van der Waals surface area contributed by atoms with Gasteiger partial charge in [0, 0.05) is 17.3 Å². The van der Waals surface area contributed by atoms with Crippen LogP contribution in [0.15, 0.2) is 23.8 Å². The number of aliphatic hydroxyl groups is 1. The summed E-state index contributed by atoms with van der Waals surface area (Å²) in [5, 5.41) is 47.1. The maximum absolute atomic E-state index is 17.1. The van der Waals surface area contributed by atoms with Crippen LogP contribution in [0.25, 0.3) is 0 Å². The summed E-state index contributed by atoms with van der Waals surface area (Å²) in [6.07, 6.45) is 4.08. The summed E-state index contributed by atoms with van der Waals surface area (Å²) >= 11 is 0. The Morgan fingerprint density at radius 2 is 1.81 bits per heavy atom. The normalized spacial score (nSPS) is 33.5. The van der Waals surface area contributed by atoms with Gasteiger partial charge in [0.15, 0.2) is 17.2 Å². The molecule has 0 saturated heterocycles. The number of alkyl halides is 1. The molecule has 3 fully saturated rings. The van der Waals surface area contributed by atoms with Crippen molar-refractivity contribution in [2.24, 2.45) is 28.6 Å². The summed E-state index contributed by atoms with van der Waals surface area (Å²) < 4.78 is 27.2. The van der Waals surface area contributed by atoms with Crippen molar-refractivity contribution in [3.63, 3.8) is 0 Å². The number of esters is 1. The number of hydrogen-bond donors (Lipinski definition) is 6. The summed E-state index contributed by atoms with van der Waals surface area (Å²) in [5.74, 6) is -2.63. The monoisotopic (exact) mass is 673 g/mol. The highest BCUT2D eigenvalue weighted by molar-refractivity contribution is 6.01. The number of Topliss-reactive ketones (excluding diaryl/α,β-unsaturated/α-hetero) is 1. The van der Waals surface area contributed by atoms with Crippen LogP contribution < -0.4 is 5.32 Å². The number of nitrogens with one attached hydrogen (secondary N) is 1. The van der Waals surface area contributed by atoms with E-state index in [9.17, 15) is 24.3 Å². The molecule has 6 N–H and O–H groups in total. The molecule has 0 spiro atoms. The number of carbonyl (C=O) groups excluding carboxylic acids is 4. The van der Waals surface area contributed by atoms with Gasteiger partial charge in [0.2, 0.25) is 0 Å². The van der Waals surface area contributed by atoms with Crippen LogP contribution in [0.4, 0.5) is 9.18 Å². The fraction of sp³-hybridized carbons (Fsp3) is 0.733. The number of halogens is 1. The lowest BCUT2D eigenvalue weighted by Crippen LogP contribution is -2.66. The van der Waals surface area contributed by atoms with Crippen molar-refractivity contribution in [2.75, 3.05) is 26.4 Å². The number of amides is 1. The van der Waals surface area contributed by atoms with Gasteiger partial charge in [-0.2, -0.15) is 0 Å². The second-order valence-electron chi connectivity index (χ2n) is 13.1. The Bertz CT molecular complexity index is 1250. The van der Waals surface area contributed by atoms with Crippen LogP contribution in [0.1, 0.15) is 65.2 Å². The Labute approximate surface area is 270 Å². The van der Waals surface area contributed by atoms with Crippen molar-refractivity contribution in [3.05, 3.63) is 23.8 Å². The summed E-state index contributed by atoms with van der Waals surface area (Å²) in [6, 6.07) is 0. The van der Waals surface area contributed by atoms with Gasteiger partial charge in [-0.05, 0) is 81.8 Å². The highest BCUT2D eigenvalue weighted by Crippen LogP contribution is 2.68. The first-order valence-corrected chi connectivity index (χ1v) is 15.7. The predicted octanol–water partition coefficient (Wildman–Crippen LogP) is 2.37. The molecule has 264 valence electrons. The van der Waals surface area contributed by atoms with Crippen LogP contribution in [0.5, 0.6) is 0 Å². The molecule has 0 radical (unpaired) electrons. The van der Waals surface area contributed by atoms with Crippen molar-refractivity contribution in [2.45, 2.75) is 83.1 Å². The van der Waals surface area contributed by atoms with Crippen molar-refractivity contribution in [1.29, 1.82) is 0 Å². The number of ether oxygens (including phenoxy) is 2. The van der Waals surface area contributed by atoms with Crippen LogP contribution in [0.3, 0.4) is 0 Å². The molecule has 47 heavy (non-hydrogen) atoms. The van der Waals surface area contributed by atoms with Gasteiger partial charge >= 0.3 is 12.1 Å². The number of nitrogens with zero attached hydrogens (tertiary/aromatic N) is 2. The van der Waals surface area contributed by atoms with E-state index in [1.807, 2.05) is 6.92 Å². The molecule has 3 saturated carbocycles. The highest BCUT2D eigenvalue weighted by Gasteiger charge is 2.70. The van der Waals surface area contributed by atoms with Crippen molar-refractivity contribution >= 4 is 23.6 Å². The molecule has 0 aliphatic heterocycles. The Hall–Kier alpha value is -2.87.